The van der Waals surface area contributed by atoms with E-state index >= 15 is 0 Å². The summed E-state index contributed by atoms with van der Waals surface area (Å²) < 4.78 is 0. The van der Waals surface area contributed by atoms with Crippen LogP contribution in [0.4, 0.5) is 0 Å². The predicted octanol–water partition coefficient (Wildman–Crippen LogP) is 4.25. The predicted molar refractivity (Wildman–Crippen MR) is 80.3 cm³/mol. The van der Waals surface area contributed by atoms with E-state index in [1.165, 1.54) is 0 Å². The van der Waals surface area contributed by atoms with E-state index in [4.69, 9.17) is 28.9 Å². The number of benzene rings is 1. The highest BCUT2D eigenvalue weighted by atomic mass is 35.5. The Bertz CT molecular complexity index is 355. The van der Waals surface area contributed by atoms with Gasteiger partial charge in [-0.3, -0.25) is 0 Å². The zero-order valence-electron chi connectivity index (χ0n) is 10.2. The smallest absolute Gasteiger partial charge is 0.0624 e. The minimum Gasteiger partial charge on any atom is -0.327 e. The number of nitrogens with two attached hydrogens (primary N) is 1. The Balaban J connectivity index is 2.45. The zero-order valence-corrected chi connectivity index (χ0v) is 12.6. The maximum Gasteiger partial charge on any atom is 0.0624 e. The first-order chi connectivity index (χ1) is 8.00. The molecule has 0 aliphatic heterocycles. The highest BCUT2D eigenvalue weighted by Crippen LogP contribution is 2.26. The Hall–Kier alpha value is 0.110. The molecule has 0 spiro atoms. The molecule has 1 nitrogen and oxygen atoms in total. The van der Waals surface area contributed by atoms with E-state index in [1.807, 2.05) is 23.9 Å². The molecule has 0 amide bonds. The minimum absolute atomic E-state index is 0.134. The fourth-order valence-corrected chi connectivity index (χ4v) is 2.93. The number of hydrogen-bond acceptors (Lipinski definition) is 2. The topological polar surface area (TPSA) is 26.0 Å². The maximum atomic E-state index is 6.13. The van der Waals surface area contributed by atoms with Crippen LogP contribution < -0.4 is 5.73 Å². The van der Waals surface area contributed by atoms with Gasteiger partial charge in [-0.25, -0.2) is 0 Å². The van der Waals surface area contributed by atoms with Gasteiger partial charge in [-0.2, -0.15) is 11.8 Å². The average Bonchev–Trinajstić information content (AvgIpc) is 2.24. The summed E-state index contributed by atoms with van der Waals surface area (Å²) in [6.45, 7) is 4.43. The maximum absolute atomic E-state index is 6.13. The summed E-state index contributed by atoms with van der Waals surface area (Å²) in [6, 6.07) is 5.83. The number of hydrogen-bond donors (Lipinski definition) is 1. The fraction of sp³-hybridized carbons (Fsp3) is 0.538. The summed E-state index contributed by atoms with van der Waals surface area (Å²) in [4.78, 5) is 0. The molecule has 0 heterocycles. The Kier molecular flexibility index (Phi) is 6.71. The molecule has 17 heavy (non-hydrogen) atoms. The van der Waals surface area contributed by atoms with Crippen LogP contribution in [0.2, 0.25) is 10.0 Å². The SMILES string of the molecule is CC(C)CSCC(N)Cc1cccc(Cl)c1Cl. The standard InChI is InChI=1S/C13H19Cl2NS/c1-9(2)7-17-8-11(16)6-10-4-3-5-12(14)13(10)15/h3-5,9,11H,6-8,16H2,1-2H3. The van der Waals surface area contributed by atoms with Gasteiger partial charge in [0.15, 0.2) is 0 Å². The van der Waals surface area contributed by atoms with Gasteiger partial charge in [-0.1, -0.05) is 49.2 Å². The molecule has 0 aliphatic carbocycles. The normalized spacial score (nSPS) is 13.1. The molecule has 0 fully saturated rings. The minimum atomic E-state index is 0.134. The van der Waals surface area contributed by atoms with Gasteiger partial charge < -0.3 is 5.73 Å². The van der Waals surface area contributed by atoms with Crippen LogP contribution in [0.15, 0.2) is 18.2 Å². The Morgan fingerprint density at radius 2 is 1.94 bits per heavy atom. The quantitative estimate of drug-likeness (QED) is 0.848. The van der Waals surface area contributed by atoms with Gasteiger partial charge in [-0.05, 0) is 29.7 Å². The van der Waals surface area contributed by atoms with Crippen LogP contribution in [-0.4, -0.2) is 17.5 Å². The summed E-state index contributed by atoms with van der Waals surface area (Å²) in [5.41, 5.74) is 7.13. The molecule has 1 aromatic rings. The zero-order chi connectivity index (χ0) is 12.8. The molecule has 0 saturated carbocycles. The molecule has 1 unspecified atom stereocenters. The van der Waals surface area contributed by atoms with Crippen molar-refractivity contribution in [1.29, 1.82) is 0 Å². The van der Waals surface area contributed by atoms with E-state index in [2.05, 4.69) is 13.8 Å². The van der Waals surface area contributed by atoms with Crippen LogP contribution in [0.3, 0.4) is 0 Å². The molecule has 0 radical (unpaired) electrons. The van der Waals surface area contributed by atoms with Gasteiger partial charge in [0.1, 0.15) is 0 Å². The van der Waals surface area contributed by atoms with E-state index < -0.39 is 0 Å². The monoisotopic (exact) mass is 291 g/mol. The van der Waals surface area contributed by atoms with Gasteiger partial charge in [0.05, 0.1) is 10.0 Å². The molecule has 1 rings (SSSR count). The molecular weight excluding hydrogens is 273 g/mol. The Labute approximate surface area is 118 Å². The van der Waals surface area contributed by atoms with Crippen molar-refractivity contribution in [2.45, 2.75) is 26.3 Å². The molecule has 0 aliphatic rings. The number of rotatable bonds is 6. The first-order valence-electron chi connectivity index (χ1n) is 5.77. The third-order valence-electron chi connectivity index (χ3n) is 2.30. The molecular formula is C13H19Cl2NS. The van der Waals surface area contributed by atoms with Crippen LogP contribution in [0.1, 0.15) is 19.4 Å². The molecule has 0 saturated heterocycles. The lowest BCUT2D eigenvalue weighted by Gasteiger charge is -2.13. The largest absolute Gasteiger partial charge is 0.327 e. The van der Waals surface area contributed by atoms with Crippen molar-refractivity contribution in [2.75, 3.05) is 11.5 Å². The van der Waals surface area contributed by atoms with Crippen LogP contribution in [-0.2, 0) is 6.42 Å². The second kappa shape index (κ2) is 7.52. The summed E-state index contributed by atoms with van der Waals surface area (Å²) >= 11 is 14.0. The van der Waals surface area contributed by atoms with Crippen molar-refractivity contribution >= 4 is 35.0 Å². The Morgan fingerprint density at radius 3 is 2.59 bits per heavy atom. The summed E-state index contributed by atoms with van der Waals surface area (Å²) in [7, 11) is 0. The average molecular weight is 292 g/mol. The van der Waals surface area contributed by atoms with Gasteiger partial charge in [0.25, 0.3) is 0 Å². The van der Waals surface area contributed by atoms with Crippen LogP contribution in [0.5, 0.6) is 0 Å². The first-order valence-corrected chi connectivity index (χ1v) is 7.68. The molecule has 96 valence electrons. The lowest BCUT2D eigenvalue weighted by Crippen LogP contribution is -2.26. The summed E-state index contributed by atoms with van der Waals surface area (Å²) in [6.07, 6.45) is 0.782. The van der Waals surface area contributed by atoms with Crippen LogP contribution >= 0.6 is 35.0 Å². The molecule has 1 aromatic carbocycles. The molecule has 0 aromatic heterocycles. The molecule has 0 bridgehead atoms. The second-order valence-electron chi connectivity index (χ2n) is 4.61. The van der Waals surface area contributed by atoms with E-state index in [0.29, 0.717) is 16.0 Å². The van der Waals surface area contributed by atoms with E-state index in [-0.39, 0.29) is 6.04 Å². The van der Waals surface area contributed by atoms with Crippen molar-refractivity contribution in [2.24, 2.45) is 11.7 Å². The molecule has 4 heteroatoms. The van der Waals surface area contributed by atoms with E-state index in [1.54, 1.807) is 6.07 Å². The molecule has 2 N–H and O–H groups in total. The second-order valence-corrected chi connectivity index (χ2v) is 6.47. The fourth-order valence-electron chi connectivity index (χ4n) is 1.50. The van der Waals surface area contributed by atoms with E-state index in [0.717, 1.165) is 23.5 Å². The Morgan fingerprint density at radius 1 is 1.24 bits per heavy atom. The number of halogens is 2. The van der Waals surface area contributed by atoms with Crippen molar-refractivity contribution in [3.05, 3.63) is 33.8 Å². The lowest BCUT2D eigenvalue weighted by atomic mass is 10.1. The van der Waals surface area contributed by atoms with Crippen LogP contribution in [0, 0.1) is 5.92 Å². The lowest BCUT2D eigenvalue weighted by molar-refractivity contribution is 0.732. The van der Waals surface area contributed by atoms with Gasteiger partial charge in [0.2, 0.25) is 0 Å². The summed E-state index contributed by atoms with van der Waals surface area (Å²) in [5.74, 6) is 2.82. The van der Waals surface area contributed by atoms with Gasteiger partial charge in [-0.15, -0.1) is 0 Å². The van der Waals surface area contributed by atoms with E-state index in [9.17, 15) is 0 Å². The van der Waals surface area contributed by atoms with Gasteiger partial charge in [0, 0.05) is 11.8 Å². The van der Waals surface area contributed by atoms with Crippen molar-refractivity contribution in [3.63, 3.8) is 0 Å². The molecule has 1 atom stereocenters. The van der Waals surface area contributed by atoms with Crippen LogP contribution in [0.25, 0.3) is 0 Å². The summed E-state index contributed by atoms with van der Waals surface area (Å²) in [5, 5.41) is 1.24. The third kappa shape index (κ3) is 5.52. The third-order valence-corrected chi connectivity index (χ3v) is 4.72. The van der Waals surface area contributed by atoms with Crippen molar-refractivity contribution in [1.82, 2.24) is 0 Å². The van der Waals surface area contributed by atoms with Crippen molar-refractivity contribution in [3.8, 4) is 0 Å². The number of thioether (sulfide) groups is 1. The highest BCUT2D eigenvalue weighted by molar-refractivity contribution is 7.99. The van der Waals surface area contributed by atoms with Crippen molar-refractivity contribution < 1.29 is 0 Å². The first kappa shape index (κ1) is 15.2. The van der Waals surface area contributed by atoms with Gasteiger partial charge >= 0.3 is 0 Å². The highest BCUT2D eigenvalue weighted by Gasteiger charge is 2.09.